The predicted octanol–water partition coefficient (Wildman–Crippen LogP) is 7.61. The molecular weight excluding hydrogens is 536 g/mol. The molecule has 0 radical (unpaired) electrons. The van der Waals surface area contributed by atoms with Gasteiger partial charge in [0.2, 0.25) is 0 Å². The molecule has 2 aliphatic carbocycles. The van der Waals surface area contributed by atoms with Gasteiger partial charge in [-0.25, -0.2) is 4.79 Å². The highest BCUT2D eigenvalue weighted by atomic mass is 35.5. The molecule has 2 aliphatic rings. The van der Waals surface area contributed by atoms with E-state index in [9.17, 15) is 9.59 Å². The Balaban J connectivity index is 0.000000280. The summed E-state index contributed by atoms with van der Waals surface area (Å²) in [7, 11) is 0. The molecule has 0 aromatic heterocycles. The Morgan fingerprint density at radius 3 is 1.95 bits per heavy atom. The lowest BCUT2D eigenvalue weighted by atomic mass is 9.84. The molecule has 226 valence electrons. The Bertz CT molecular complexity index is 1080. The lowest BCUT2D eigenvalue weighted by Gasteiger charge is -2.33. The van der Waals surface area contributed by atoms with E-state index >= 15 is 0 Å². The Morgan fingerprint density at radius 2 is 1.34 bits per heavy atom. The molecule has 0 bridgehead atoms. The molecule has 7 heteroatoms. The van der Waals surface area contributed by atoms with Crippen LogP contribution in [0.3, 0.4) is 0 Å². The number of carbonyl (C=O) groups is 2. The fraction of sp³-hybridized carbons (Fsp3) is 0.529. The van der Waals surface area contributed by atoms with Crippen molar-refractivity contribution in [2.45, 2.75) is 97.2 Å². The first-order chi connectivity index (χ1) is 19.4. The molecule has 0 saturated heterocycles. The number of nitrogens with one attached hydrogen (secondary N) is 2. The molecule has 4 atom stereocenters. The normalized spacial score (nSPS) is 19.9. The van der Waals surface area contributed by atoms with Crippen molar-refractivity contribution < 1.29 is 19.1 Å². The minimum absolute atomic E-state index is 0. The van der Waals surface area contributed by atoms with Gasteiger partial charge < -0.3 is 20.1 Å². The van der Waals surface area contributed by atoms with E-state index < -0.39 is 0 Å². The lowest BCUT2D eigenvalue weighted by molar-refractivity contribution is -0.150. The SMILES string of the molecule is CCOC(=O)C1=C(N[C@H](C)c2ccccc2)CCCC1.CCOC(=O)[C@@H]1CCCC[C@H]1N[C@H](C)c1ccccc1.Cl. The molecular formula is C34H49ClN2O4. The number of hydrogen-bond donors (Lipinski definition) is 2. The van der Waals surface area contributed by atoms with Gasteiger partial charge in [-0.15, -0.1) is 12.4 Å². The monoisotopic (exact) mass is 584 g/mol. The van der Waals surface area contributed by atoms with E-state index in [-0.39, 0.29) is 48.4 Å². The number of esters is 2. The quantitative estimate of drug-likeness (QED) is 0.280. The van der Waals surface area contributed by atoms with Gasteiger partial charge in [0.1, 0.15) is 0 Å². The number of allylic oxidation sites excluding steroid dienone is 1. The molecule has 1 fully saturated rings. The minimum atomic E-state index is -0.157. The Hall–Kier alpha value is -2.83. The van der Waals surface area contributed by atoms with Gasteiger partial charge in [0.05, 0.1) is 24.7 Å². The second kappa shape index (κ2) is 18.6. The molecule has 1 saturated carbocycles. The molecule has 2 N–H and O–H groups in total. The van der Waals surface area contributed by atoms with Crippen LogP contribution in [0.2, 0.25) is 0 Å². The maximum Gasteiger partial charge on any atom is 0.335 e. The van der Waals surface area contributed by atoms with Crippen LogP contribution in [0.25, 0.3) is 0 Å². The summed E-state index contributed by atoms with van der Waals surface area (Å²) < 4.78 is 10.4. The topological polar surface area (TPSA) is 76.7 Å². The maximum absolute atomic E-state index is 12.1. The van der Waals surface area contributed by atoms with Gasteiger partial charge in [0.15, 0.2) is 0 Å². The summed E-state index contributed by atoms with van der Waals surface area (Å²) in [6, 6.07) is 21.4. The second-order valence-corrected chi connectivity index (χ2v) is 10.7. The van der Waals surface area contributed by atoms with Crippen molar-refractivity contribution in [3.05, 3.63) is 83.1 Å². The zero-order valence-electron chi connectivity index (χ0n) is 25.2. The number of benzene rings is 2. The van der Waals surface area contributed by atoms with Crippen LogP contribution in [0.1, 0.15) is 102 Å². The number of rotatable bonds is 10. The van der Waals surface area contributed by atoms with E-state index in [0.29, 0.717) is 13.2 Å². The van der Waals surface area contributed by atoms with E-state index in [1.807, 2.05) is 38.1 Å². The van der Waals surface area contributed by atoms with Crippen molar-refractivity contribution >= 4 is 24.3 Å². The van der Waals surface area contributed by atoms with Crippen LogP contribution in [0.5, 0.6) is 0 Å². The molecule has 2 aromatic carbocycles. The number of carbonyl (C=O) groups excluding carboxylic acids is 2. The second-order valence-electron chi connectivity index (χ2n) is 10.7. The van der Waals surface area contributed by atoms with Gasteiger partial charge in [-0.3, -0.25) is 4.79 Å². The Morgan fingerprint density at radius 1 is 0.780 bits per heavy atom. The number of ether oxygens (including phenoxy) is 2. The third-order valence-electron chi connectivity index (χ3n) is 7.80. The molecule has 0 amide bonds. The largest absolute Gasteiger partial charge is 0.466 e. The average Bonchev–Trinajstić information content (AvgIpc) is 2.99. The predicted molar refractivity (Wildman–Crippen MR) is 168 cm³/mol. The highest BCUT2D eigenvalue weighted by Crippen LogP contribution is 2.28. The summed E-state index contributed by atoms with van der Waals surface area (Å²) in [4.78, 5) is 24.1. The molecule has 4 rings (SSSR count). The van der Waals surface area contributed by atoms with Gasteiger partial charge in [-0.05, 0) is 77.3 Å². The van der Waals surface area contributed by atoms with Crippen LogP contribution in [0, 0.1) is 5.92 Å². The van der Waals surface area contributed by atoms with Gasteiger partial charge in [-0.2, -0.15) is 0 Å². The third-order valence-corrected chi connectivity index (χ3v) is 7.80. The van der Waals surface area contributed by atoms with Gasteiger partial charge in [0, 0.05) is 23.8 Å². The molecule has 0 aliphatic heterocycles. The van der Waals surface area contributed by atoms with Crippen LogP contribution in [-0.4, -0.2) is 31.2 Å². The fourth-order valence-electron chi connectivity index (χ4n) is 5.62. The summed E-state index contributed by atoms with van der Waals surface area (Å²) in [5, 5.41) is 7.13. The first-order valence-electron chi connectivity index (χ1n) is 15.1. The van der Waals surface area contributed by atoms with E-state index in [1.165, 1.54) is 17.5 Å². The van der Waals surface area contributed by atoms with Crippen LogP contribution in [-0.2, 0) is 19.1 Å². The van der Waals surface area contributed by atoms with Gasteiger partial charge in [-0.1, -0.05) is 73.5 Å². The molecule has 0 spiro atoms. The Labute approximate surface area is 253 Å². The molecule has 6 nitrogen and oxygen atoms in total. The molecule has 41 heavy (non-hydrogen) atoms. The van der Waals surface area contributed by atoms with Crippen LogP contribution in [0.4, 0.5) is 0 Å². The van der Waals surface area contributed by atoms with Crippen molar-refractivity contribution in [2.75, 3.05) is 13.2 Å². The van der Waals surface area contributed by atoms with Crippen molar-refractivity contribution in [1.82, 2.24) is 10.6 Å². The third kappa shape index (κ3) is 10.8. The van der Waals surface area contributed by atoms with Crippen molar-refractivity contribution in [3.8, 4) is 0 Å². The van der Waals surface area contributed by atoms with E-state index in [4.69, 9.17) is 9.47 Å². The minimum Gasteiger partial charge on any atom is -0.466 e. The highest BCUT2D eigenvalue weighted by Gasteiger charge is 2.32. The smallest absolute Gasteiger partial charge is 0.335 e. The zero-order chi connectivity index (χ0) is 28.7. The molecule has 0 unspecified atom stereocenters. The summed E-state index contributed by atoms with van der Waals surface area (Å²) in [6.07, 6.45) is 8.27. The van der Waals surface area contributed by atoms with Crippen LogP contribution < -0.4 is 10.6 Å². The highest BCUT2D eigenvalue weighted by molar-refractivity contribution is 5.89. The number of halogens is 1. The zero-order valence-corrected chi connectivity index (χ0v) is 26.0. The van der Waals surface area contributed by atoms with Crippen LogP contribution >= 0.6 is 12.4 Å². The lowest BCUT2D eigenvalue weighted by Crippen LogP contribution is -2.43. The van der Waals surface area contributed by atoms with Gasteiger partial charge >= 0.3 is 11.9 Å². The Kier molecular flexibility index (Phi) is 15.6. The molecule has 0 heterocycles. The van der Waals surface area contributed by atoms with Gasteiger partial charge in [0.25, 0.3) is 0 Å². The summed E-state index contributed by atoms with van der Waals surface area (Å²) in [5.41, 5.74) is 4.39. The van der Waals surface area contributed by atoms with Crippen molar-refractivity contribution in [3.63, 3.8) is 0 Å². The van der Waals surface area contributed by atoms with Crippen LogP contribution in [0.15, 0.2) is 71.9 Å². The average molecular weight is 585 g/mol. The van der Waals surface area contributed by atoms with Crippen molar-refractivity contribution in [1.29, 1.82) is 0 Å². The summed E-state index contributed by atoms with van der Waals surface area (Å²) >= 11 is 0. The summed E-state index contributed by atoms with van der Waals surface area (Å²) in [6.45, 7) is 8.91. The first kappa shape index (κ1) is 34.4. The molecule has 2 aromatic rings. The standard InChI is InChI=1S/C17H25NO2.C17H23NO2.ClH/c2*1-3-20-17(19)15-11-7-8-12-16(15)18-13(2)14-9-5-4-6-10-14;/h4-6,9-10,13,15-16,18H,3,7-8,11-12H2,1-2H3;4-6,9-10,13,18H,3,7-8,11-12H2,1-2H3;1H/t13-,15-,16-;13-;/m11./s1. The van der Waals surface area contributed by atoms with E-state index in [1.54, 1.807) is 0 Å². The van der Waals surface area contributed by atoms with E-state index in [0.717, 1.165) is 56.2 Å². The summed E-state index contributed by atoms with van der Waals surface area (Å²) in [5.74, 6) is -0.185. The maximum atomic E-state index is 12.1. The number of hydrogen-bond acceptors (Lipinski definition) is 6. The first-order valence-corrected chi connectivity index (χ1v) is 15.1. The fourth-order valence-corrected chi connectivity index (χ4v) is 5.62. The van der Waals surface area contributed by atoms with E-state index in [2.05, 4.69) is 60.9 Å². The van der Waals surface area contributed by atoms with Crippen molar-refractivity contribution in [2.24, 2.45) is 5.92 Å².